The second kappa shape index (κ2) is 5.17. The van der Waals surface area contributed by atoms with Crippen molar-refractivity contribution in [2.45, 2.75) is 13.5 Å². The Balaban J connectivity index is 1.92. The van der Waals surface area contributed by atoms with Crippen LogP contribution in [0.3, 0.4) is 0 Å². The Morgan fingerprint density at radius 2 is 2.11 bits per heavy atom. The Morgan fingerprint density at radius 1 is 1.39 bits per heavy atom. The summed E-state index contributed by atoms with van der Waals surface area (Å²) in [7, 11) is 0. The van der Waals surface area contributed by atoms with Crippen molar-refractivity contribution >= 4 is 17.6 Å². The van der Waals surface area contributed by atoms with Gasteiger partial charge >= 0.3 is 6.01 Å². The van der Waals surface area contributed by atoms with E-state index in [2.05, 4.69) is 15.5 Å². The minimum Gasteiger partial charge on any atom is -0.484 e. The third-order valence-corrected chi connectivity index (χ3v) is 2.02. The molecule has 1 amide bonds. The lowest BCUT2D eigenvalue weighted by atomic mass is 10.3. The molecule has 0 saturated carbocycles. The molecule has 3 N–H and O–H groups in total. The summed E-state index contributed by atoms with van der Waals surface area (Å²) in [6, 6.07) is 6.93. The van der Waals surface area contributed by atoms with Crippen LogP contribution in [0, 0.1) is 0 Å². The maximum atomic E-state index is 10.8. The zero-order valence-electron chi connectivity index (χ0n) is 9.71. The lowest BCUT2D eigenvalue weighted by Crippen LogP contribution is -2.05. The molecule has 2 rings (SSSR count). The Bertz CT molecular complexity index is 535. The van der Waals surface area contributed by atoms with Crippen molar-refractivity contribution < 1.29 is 13.9 Å². The summed E-state index contributed by atoms with van der Waals surface area (Å²) in [6.45, 7) is 1.59. The second-order valence-electron chi connectivity index (χ2n) is 3.53. The highest BCUT2D eigenvalue weighted by atomic mass is 16.5. The Hall–Kier alpha value is -2.57. The molecule has 0 unspecified atom stereocenters. The zero-order valence-corrected chi connectivity index (χ0v) is 9.71. The normalized spacial score (nSPS) is 10.1. The number of hydrogen-bond donors (Lipinski definition) is 2. The SMILES string of the molecule is CC(=O)Nc1ccc(OCc2nnc(N)o2)cc1. The van der Waals surface area contributed by atoms with Crippen LogP contribution in [0.15, 0.2) is 28.7 Å². The number of anilines is 2. The number of carbonyl (C=O) groups excluding carboxylic acids is 1. The van der Waals surface area contributed by atoms with Gasteiger partial charge in [0.25, 0.3) is 5.89 Å². The van der Waals surface area contributed by atoms with Crippen molar-refractivity contribution in [2.75, 3.05) is 11.1 Å². The number of hydrogen-bond acceptors (Lipinski definition) is 6. The van der Waals surface area contributed by atoms with Gasteiger partial charge in [-0.2, -0.15) is 0 Å². The van der Waals surface area contributed by atoms with E-state index in [0.717, 1.165) is 0 Å². The van der Waals surface area contributed by atoms with Gasteiger partial charge in [0.2, 0.25) is 5.91 Å². The number of nitrogens with two attached hydrogens (primary N) is 1. The lowest BCUT2D eigenvalue weighted by Gasteiger charge is -2.05. The van der Waals surface area contributed by atoms with Gasteiger partial charge in [-0.15, -0.1) is 5.10 Å². The van der Waals surface area contributed by atoms with Crippen molar-refractivity contribution in [2.24, 2.45) is 0 Å². The number of carbonyl (C=O) groups is 1. The van der Waals surface area contributed by atoms with Crippen LogP contribution in [-0.2, 0) is 11.4 Å². The number of nitrogens with zero attached hydrogens (tertiary/aromatic N) is 2. The van der Waals surface area contributed by atoms with Crippen molar-refractivity contribution in [3.63, 3.8) is 0 Å². The molecule has 0 aliphatic heterocycles. The molecule has 0 saturated heterocycles. The van der Waals surface area contributed by atoms with E-state index in [1.807, 2.05) is 0 Å². The summed E-state index contributed by atoms with van der Waals surface area (Å²) in [6.07, 6.45) is 0. The molecule has 7 nitrogen and oxygen atoms in total. The molecule has 1 aromatic heterocycles. The Morgan fingerprint density at radius 3 is 2.67 bits per heavy atom. The van der Waals surface area contributed by atoms with E-state index in [1.165, 1.54) is 6.92 Å². The third-order valence-electron chi connectivity index (χ3n) is 2.02. The third kappa shape index (κ3) is 3.21. The molecule has 0 radical (unpaired) electrons. The van der Waals surface area contributed by atoms with E-state index in [4.69, 9.17) is 14.9 Å². The van der Waals surface area contributed by atoms with Gasteiger partial charge in [-0.25, -0.2) is 0 Å². The number of nitrogen functional groups attached to an aromatic ring is 1. The molecule has 18 heavy (non-hydrogen) atoms. The maximum absolute atomic E-state index is 10.8. The summed E-state index contributed by atoms with van der Waals surface area (Å²) < 4.78 is 10.4. The molecule has 94 valence electrons. The quantitative estimate of drug-likeness (QED) is 0.842. The zero-order chi connectivity index (χ0) is 13.0. The largest absolute Gasteiger partial charge is 0.484 e. The van der Waals surface area contributed by atoms with Gasteiger partial charge < -0.3 is 20.2 Å². The molecule has 0 fully saturated rings. The van der Waals surface area contributed by atoms with Gasteiger partial charge in [0.1, 0.15) is 5.75 Å². The molecular formula is C11H12N4O3. The first-order chi connectivity index (χ1) is 8.63. The minimum absolute atomic E-state index is 0.00889. The molecule has 7 heteroatoms. The van der Waals surface area contributed by atoms with E-state index < -0.39 is 0 Å². The van der Waals surface area contributed by atoms with E-state index in [1.54, 1.807) is 24.3 Å². The first kappa shape index (κ1) is 11.9. The van der Waals surface area contributed by atoms with Gasteiger partial charge in [0.05, 0.1) is 0 Å². The predicted octanol–water partition coefficient (Wildman–Crippen LogP) is 1.19. The lowest BCUT2D eigenvalue weighted by molar-refractivity contribution is -0.114. The highest BCUT2D eigenvalue weighted by Gasteiger charge is 2.03. The van der Waals surface area contributed by atoms with Crippen molar-refractivity contribution in [1.29, 1.82) is 0 Å². The molecular weight excluding hydrogens is 236 g/mol. The molecule has 0 aliphatic carbocycles. The fourth-order valence-corrected chi connectivity index (χ4v) is 1.31. The first-order valence-electron chi connectivity index (χ1n) is 5.22. The molecule has 0 aliphatic rings. The van der Waals surface area contributed by atoms with E-state index in [9.17, 15) is 4.79 Å². The van der Waals surface area contributed by atoms with Crippen LogP contribution in [0.4, 0.5) is 11.7 Å². The molecule has 0 atom stereocenters. The van der Waals surface area contributed by atoms with Crippen LogP contribution in [-0.4, -0.2) is 16.1 Å². The summed E-state index contributed by atoms with van der Waals surface area (Å²) in [5, 5.41) is 9.83. The van der Waals surface area contributed by atoms with Gasteiger partial charge in [0.15, 0.2) is 6.61 Å². The highest BCUT2D eigenvalue weighted by molar-refractivity contribution is 5.88. The molecule has 2 aromatic rings. The first-order valence-corrected chi connectivity index (χ1v) is 5.22. The Kier molecular flexibility index (Phi) is 3.42. The standard InChI is InChI=1S/C11H12N4O3/c1-7(16)13-8-2-4-9(5-3-8)17-6-10-14-15-11(12)18-10/h2-5H,6H2,1H3,(H2,12,15)(H,13,16). The molecule has 0 bridgehead atoms. The number of ether oxygens (including phenoxy) is 1. The van der Waals surface area contributed by atoms with Crippen LogP contribution in [0.25, 0.3) is 0 Å². The van der Waals surface area contributed by atoms with Crippen LogP contribution < -0.4 is 15.8 Å². The number of amides is 1. The van der Waals surface area contributed by atoms with Crippen molar-refractivity contribution in [1.82, 2.24) is 10.2 Å². The van der Waals surface area contributed by atoms with Crippen molar-refractivity contribution in [3.05, 3.63) is 30.2 Å². The summed E-state index contributed by atoms with van der Waals surface area (Å²) in [5.74, 6) is 0.810. The monoisotopic (exact) mass is 248 g/mol. The van der Waals surface area contributed by atoms with Crippen LogP contribution in [0.2, 0.25) is 0 Å². The highest BCUT2D eigenvalue weighted by Crippen LogP contribution is 2.16. The number of nitrogens with one attached hydrogen (secondary N) is 1. The van der Waals surface area contributed by atoms with E-state index >= 15 is 0 Å². The van der Waals surface area contributed by atoms with Crippen molar-refractivity contribution in [3.8, 4) is 5.75 Å². The number of benzene rings is 1. The average molecular weight is 248 g/mol. The molecule has 1 heterocycles. The summed E-state index contributed by atoms with van der Waals surface area (Å²) >= 11 is 0. The van der Waals surface area contributed by atoms with Gasteiger partial charge in [-0.1, -0.05) is 5.10 Å². The smallest absolute Gasteiger partial charge is 0.312 e. The molecule has 1 aromatic carbocycles. The summed E-state index contributed by atoms with van der Waals surface area (Å²) in [5.41, 5.74) is 5.98. The van der Waals surface area contributed by atoms with Crippen LogP contribution in [0.1, 0.15) is 12.8 Å². The summed E-state index contributed by atoms with van der Waals surface area (Å²) in [4.78, 5) is 10.8. The molecule has 0 spiro atoms. The van der Waals surface area contributed by atoms with Gasteiger partial charge in [0, 0.05) is 12.6 Å². The topological polar surface area (TPSA) is 103 Å². The maximum Gasteiger partial charge on any atom is 0.312 e. The van der Waals surface area contributed by atoms with Crippen LogP contribution in [0.5, 0.6) is 5.75 Å². The second-order valence-corrected chi connectivity index (χ2v) is 3.53. The van der Waals surface area contributed by atoms with E-state index in [-0.39, 0.29) is 18.5 Å². The fraction of sp³-hybridized carbons (Fsp3) is 0.182. The van der Waals surface area contributed by atoms with E-state index in [0.29, 0.717) is 17.3 Å². The minimum atomic E-state index is -0.120. The van der Waals surface area contributed by atoms with Gasteiger partial charge in [-0.05, 0) is 24.3 Å². The predicted molar refractivity (Wildman–Crippen MR) is 63.8 cm³/mol. The Labute approximate surface area is 103 Å². The fourth-order valence-electron chi connectivity index (χ4n) is 1.31. The number of rotatable bonds is 4. The van der Waals surface area contributed by atoms with Crippen LogP contribution >= 0.6 is 0 Å². The van der Waals surface area contributed by atoms with Gasteiger partial charge in [-0.3, -0.25) is 4.79 Å². The number of aromatic nitrogens is 2. The average Bonchev–Trinajstić information content (AvgIpc) is 2.74.